The van der Waals surface area contributed by atoms with Gasteiger partial charge in [-0.15, -0.1) is 0 Å². The molecule has 16 rings (SSSR count). The first kappa shape index (κ1) is 81.2. The topological polar surface area (TPSA) is 51.6 Å². The van der Waals surface area contributed by atoms with Gasteiger partial charge in [-0.05, 0) is 194 Å². The first-order valence-electron chi connectivity index (χ1n) is 35.3. The second-order valence-corrected chi connectivity index (χ2v) is 34.0. The second kappa shape index (κ2) is 45.6. The molecule has 4 nitrogen and oxygen atoms in total. The summed E-state index contributed by atoms with van der Waals surface area (Å²) in [5, 5.41) is 16.8. The summed E-state index contributed by atoms with van der Waals surface area (Å²) in [6.07, 6.45) is 5.40. The molecule has 0 N–H and O–H groups in total. The van der Waals surface area contributed by atoms with Crippen LogP contribution in [-0.2, 0) is 20.4 Å². The third-order valence-corrected chi connectivity index (χ3v) is 26.9. The first-order valence-corrected chi connectivity index (χ1v) is 41.5. The van der Waals surface area contributed by atoms with Gasteiger partial charge in [-0.2, -0.15) is 0 Å². The number of rotatable bonds is 13. The van der Waals surface area contributed by atoms with Crippen LogP contribution in [0.15, 0.2) is 442 Å². The van der Waals surface area contributed by atoms with Crippen molar-refractivity contribution in [3.05, 3.63) is 470 Å². The summed E-state index contributed by atoms with van der Waals surface area (Å²) in [5.74, 6) is 0. The Kier molecular flexibility index (Phi) is 34.6. The SMILES string of the molecule is Cc1ccc(-c2ccccn2)c(C)n1.Cc1ccc(Br)c(C)n1.Cc1cccnc1.[Pd].c1ccc(P(c2ccccc2)c2ccccc2)cc1.c1ccc(P(c2ccccc2)c2ccccc2)cc1.c1ccc(P(c2ccccc2)c2ccccc2)cc1.c1ccc(P(c2ccccc2)c2ccccc2)cc1. The van der Waals surface area contributed by atoms with Crippen molar-refractivity contribution in [2.24, 2.45) is 0 Å². The third kappa shape index (κ3) is 26.2. The van der Waals surface area contributed by atoms with E-state index in [1.807, 2.05) is 89.3 Å². The molecule has 4 aromatic heterocycles. The fourth-order valence-electron chi connectivity index (χ4n) is 11.3. The summed E-state index contributed by atoms with van der Waals surface area (Å²) in [6, 6.07) is 147. The molecule has 0 amide bonds. The summed E-state index contributed by atoms with van der Waals surface area (Å²) in [6.45, 7) is 10.00. The molecule has 0 radical (unpaired) electrons. The molecule has 16 aromatic rings. The van der Waals surface area contributed by atoms with E-state index in [0.717, 1.165) is 38.5 Å². The smallest absolute Gasteiger partial charge is 0.0720 e. The van der Waals surface area contributed by atoms with Crippen LogP contribution in [0.3, 0.4) is 0 Å². The molecule has 0 aliphatic carbocycles. The maximum absolute atomic E-state index is 4.41. The van der Waals surface area contributed by atoms with Crippen LogP contribution in [0.2, 0.25) is 0 Å². The molecule has 107 heavy (non-hydrogen) atoms. The summed E-state index contributed by atoms with van der Waals surface area (Å²) in [5.41, 5.74) is 7.49. The number of hydrogen-bond donors (Lipinski definition) is 0. The first-order chi connectivity index (χ1) is 52.2. The van der Waals surface area contributed by atoms with E-state index in [1.165, 1.54) is 69.2 Å². The van der Waals surface area contributed by atoms with E-state index in [1.54, 1.807) is 12.4 Å². The van der Waals surface area contributed by atoms with E-state index in [2.05, 4.69) is 406 Å². The molecule has 0 saturated carbocycles. The molecule has 0 saturated heterocycles. The number of nitrogens with zero attached hydrogens (tertiary/aromatic N) is 4. The molecule has 0 bridgehead atoms. The van der Waals surface area contributed by atoms with E-state index < -0.39 is 31.7 Å². The Bertz CT molecular complexity index is 4180. The number of pyridine rings is 4. The zero-order valence-corrected chi connectivity index (χ0v) is 67.6. The minimum atomic E-state index is -0.446. The third-order valence-electron chi connectivity index (χ3n) is 16.3. The van der Waals surface area contributed by atoms with Gasteiger partial charge in [-0.3, -0.25) is 19.9 Å². The Morgan fingerprint density at radius 1 is 0.224 bits per heavy atom. The van der Waals surface area contributed by atoms with Gasteiger partial charge in [-0.25, -0.2) is 0 Å². The molecule has 532 valence electrons. The van der Waals surface area contributed by atoms with Gasteiger partial charge in [0.25, 0.3) is 0 Å². The van der Waals surface area contributed by atoms with E-state index >= 15 is 0 Å². The van der Waals surface area contributed by atoms with Crippen LogP contribution in [0.4, 0.5) is 0 Å². The van der Waals surface area contributed by atoms with Gasteiger partial charge in [-0.1, -0.05) is 376 Å². The predicted octanol–water partition coefficient (Wildman–Crippen LogP) is 20.4. The molecule has 4 heterocycles. The van der Waals surface area contributed by atoms with Crippen molar-refractivity contribution in [3.63, 3.8) is 0 Å². The maximum atomic E-state index is 4.41. The fraction of sp³-hybridized carbons (Fsp3) is 0.0515. The average molecular weight is 1620 g/mol. The Hall–Kier alpha value is -9.90. The summed E-state index contributed by atoms with van der Waals surface area (Å²) < 4.78 is 1.08. The number of halogens is 1. The van der Waals surface area contributed by atoms with E-state index in [0.29, 0.717) is 0 Å². The summed E-state index contributed by atoms with van der Waals surface area (Å²) >= 11 is 3.37. The zero-order valence-electron chi connectivity index (χ0n) is 60.8. The van der Waals surface area contributed by atoms with Crippen LogP contribution in [0, 0.1) is 34.6 Å². The number of hydrogen-bond acceptors (Lipinski definition) is 4. The van der Waals surface area contributed by atoms with Crippen molar-refractivity contribution in [1.29, 1.82) is 0 Å². The molecule has 10 heteroatoms. The van der Waals surface area contributed by atoms with Crippen molar-refractivity contribution in [1.82, 2.24) is 19.9 Å². The zero-order chi connectivity index (χ0) is 73.6. The monoisotopic (exact) mass is 1620 g/mol. The quantitative estimate of drug-likeness (QED) is 0.0853. The number of aryl methyl sites for hydroxylation is 5. The minimum Gasteiger partial charge on any atom is -0.264 e. The van der Waals surface area contributed by atoms with Gasteiger partial charge in [0.05, 0.1) is 11.4 Å². The predicted molar refractivity (Wildman–Crippen MR) is 468 cm³/mol. The van der Waals surface area contributed by atoms with Crippen molar-refractivity contribution in [2.45, 2.75) is 34.6 Å². The van der Waals surface area contributed by atoms with E-state index in [-0.39, 0.29) is 20.4 Å². The van der Waals surface area contributed by atoms with Crippen LogP contribution >= 0.6 is 47.6 Å². The normalized spacial score (nSPS) is 10.2. The van der Waals surface area contributed by atoms with Gasteiger partial charge in [0, 0.05) is 66.1 Å². The standard InChI is InChI=1S/4C18H15P.C12H12N2.C7H8BrN.C6H7N.Pd/c4*1-4-10-16(11-5-1)19(17-12-6-2-7-13-17)18-14-8-3-9-15-18;1-9-6-7-11(10(2)14-9)12-5-3-4-8-13-12;1-5-3-4-7(8)6(2)9-5;1-6-3-2-4-7-5-6;/h4*1-15H;3-8H,1-2H3;3-4H,1-2H3;2-5H,1H3;. The summed E-state index contributed by atoms with van der Waals surface area (Å²) in [4.78, 5) is 16.8. The van der Waals surface area contributed by atoms with E-state index in [4.69, 9.17) is 0 Å². The van der Waals surface area contributed by atoms with Crippen LogP contribution < -0.4 is 63.7 Å². The van der Waals surface area contributed by atoms with Crippen LogP contribution in [-0.4, -0.2) is 19.9 Å². The Morgan fingerprint density at radius 2 is 0.458 bits per heavy atom. The molecule has 0 unspecified atom stereocenters. The number of aromatic nitrogens is 4. The Labute approximate surface area is 662 Å². The largest absolute Gasteiger partial charge is 0.264 e. The average Bonchev–Trinajstić information content (AvgIpc) is 0.834. The fourth-order valence-corrected chi connectivity index (χ4v) is 20.8. The Balaban J connectivity index is 0.000000147. The number of benzene rings is 12. The van der Waals surface area contributed by atoms with Crippen molar-refractivity contribution in [2.75, 3.05) is 0 Å². The van der Waals surface area contributed by atoms with Crippen molar-refractivity contribution >= 4 is 111 Å². The molecule has 0 atom stereocenters. The van der Waals surface area contributed by atoms with Gasteiger partial charge in [0.15, 0.2) is 0 Å². The van der Waals surface area contributed by atoms with Gasteiger partial charge in [0.2, 0.25) is 0 Å². The van der Waals surface area contributed by atoms with E-state index in [9.17, 15) is 0 Å². The molecular weight excluding hydrogens is 1530 g/mol. The molecule has 0 spiro atoms. The molecule has 0 fully saturated rings. The summed E-state index contributed by atoms with van der Waals surface area (Å²) in [7, 11) is -1.78. The molecule has 0 aliphatic heterocycles. The van der Waals surface area contributed by atoms with Gasteiger partial charge in [0.1, 0.15) is 0 Å². The molecular formula is C97H87BrN4P4Pd. The van der Waals surface area contributed by atoms with Crippen molar-refractivity contribution < 1.29 is 20.4 Å². The van der Waals surface area contributed by atoms with Crippen LogP contribution in [0.25, 0.3) is 11.3 Å². The second-order valence-electron chi connectivity index (χ2n) is 24.2. The van der Waals surface area contributed by atoms with Gasteiger partial charge >= 0.3 is 0 Å². The van der Waals surface area contributed by atoms with Crippen LogP contribution in [0.5, 0.6) is 0 Å². The minimum absolute atomic E-state index is 0. The van der Waals surface area contributed by atoms with Gasteiger partial charge < -0.3 is 0 Å². The maximum Gasteiger partial charge on any atom is 0.0720 e. The molecule has 0 aliphatic rings. The Morgan fingerprint density at radius 3 is 0.636 bits per heavy atom. The van der Waals surface area contributed by atoms with Crippen molar-refractivity contribution in [3.8, 4) is 11.3 Å². The van der Waals surface area contributed by atoms with Crippen LogP contribution in [0.1, 0.15) is 28.3 Å². The molecule has 12 aromatic carbocycles.